The van der Waals surface area contributed by atoms with Crippen molar-refractivity contribution < 1.29 is 0 Å². The first kappa shape index (κ1) is 13.3. The first-order valence-corrected chi connectivity index (χ1v) is 7.00. The van der Waals surface area contributed by atoms with Crippen molar-refractivity contribution in [2.45, 2.75) is 0 Å². The zero-order valence-corrected chi connectivity index (χ0v) is 12.5. The summed E-state index contributed by atoms with van der Waals surface area (Å²) in [6.07, 6.45) is 0. The van der Waals surface area contributed by atoms with Gasteiger partial charge in [0.2, 0.25) is 5.11 Å². The highest BCUT2D eigenvalue weighted by molar-refractivity contribution is 7.80. The van der Waals surface area contributed by atoms with E-state index < -0.39 is 0 Å². The quantitative estimate of drug-likeness (QED) is 0.825. The van der Waals surface area contributed by atoms with E-state index in [-0.39, 0.29) is 0 Å². The fourth-order valence-electron chi connectivity index (χ4n) is 1.90. The molecule has 0 unspecified atom stereocenters. The number of nitrogens with zero attached hydrogens (tertiary/aromatic N) is 2. The van der Waals surface area contributed by atoms with Crippen LogP contribution in [-0.2, 0) is 0 Å². The highest BCUT2D eigenvalue weighted by Gasteiger charge is 2.28. The third kappa shape index (κ3) is 2.35. The predicted octanol–water partition coefficient (Wildman–Crippen LogP) is 3.53. The van der Waals surface area contributed by atoms with Gasteiger partial charge in [-0.05, 0) is 36.5 Å². The molecule has 0 atom stereocenters. The summed E-state index contributed by atoms with van der Waals surface area (Å²) in [6, 6.07) is 14.9. The fourth-order valence-corrected chi connectivity index (χ4v) is 2.50. The molecule has 0 aliphatic carbocycles. The molecule has 2 aromatic rings. The van der Waals surface area contributed by atoms with E-state index in [1.807, 2.05) is 48.5 Å². The van der Waals surface area contributed by atoms with Crippen LogP contribution < -0.4 is 21.1 Å². The Kier molecular flexibility index (Phi) is 3.56. The molecule has 3 rings (SSSR count). The van der Waals surface area contributed by atoms with E-state index in [4.69, 9.17) is 35.4 Å². The summed E-state index contributed by atoms with van der Waals surface area (Å²) in [5.41, 5.74) is 7.58. The van der Waals surface area contributed by atoms with E-state index in [2.05, 4.69) is 10.9 Å². The normalized spacial score (nSPS) is 14.2. The second-order valence-corrected chi connectivity index (χ2v) is 5.30. The Morgan fingerprint density at radius 3 is 1.55 bits per heavy atom. The third-order valence-corrected chi connectivity index (χ3v) is 3.60. The van der Waals surface area contributed by atoms with Gasteiger partial charge in [-0.1, -0.05) is 47.5 Å². The SMILES string of the molecule is S=C1NN(c2ccccc2Cl)N(c2ccccc2Cl)N1. The third-order valence-electron chi connectivity index (χ3n) is 2.78. The summed E-state index contributed by atoms with van der Waals surface area (Å²) in [5, 5.41) is 5.09. The van der Waals surface area contributed by atoms with Crippen molar-refractivity contribution in [2.24, 2.45) is 0 Å². The molecular formula is C13H10Cl2N4S. The van der Waals surface area contributed by atoms with Gasteiger partial charge in [0.25, 0.3) is 0 Å². The number of benzene rings is 2. The van der Waals surface area contributed by atoms with E-state index in [0.29, 0.717) is 15.2 Å². The molecule has 0 saturated carbocycles. The van der Waals surface area contributed by atoms with Gasteiger partial charge in [0.1, 0.15) is 11.4 Å². The Morgan fingerprint density at radius 1 is 0.750 bits per heavy atom. The molecule has 2 aromatic carbocycles. The topological polar surface area (TPSA) is 30.5 Å². The van der Waals surface area contributed by atoms with E-state index in [1.54, 1.807) is 10.2 Å². The summed E-state index contributed by atoms with van der Waals surface area (Å²) in [7, 11) is 0. The van der Waals surface area contributed by atoms with Crippen LogP contribution in [0.5, 0.6) is 0 Å². The lowest BCUT2D eigenvalue weighted by Crippen LogP contribution is -2.45. The fraction of sp³-hybridized carbons (Fsp3) is 0. The smallest absolute Gasteiger partial charge is 0.207 e. The van der Waals surface area contributed by atoms with E-state index in [9.17, 15) is 0 Å². The Labute approximate surface area is 131 Å². The number of halogens is 2. The molecule has 1 aliphatic heterocycles. The zero-order valence-electron chi connectivity index (χ0n) is 10.2. The van der Waals surface area contributed by atoms with Gasteiger partial charge in [-0.2, -0.15) is 10.2 Å². The van der Waals surface area contributed by atoms with Gasteiger partial charge in [0.05, 0.1) is 10.0 Å². The number of hydrogen-bond donors (Lipinski definition) is 2. The molecule has 0 radical (unpaired) electrons. The minimum Gasteiger partial charge on any atom is -0.252 e. The van der Waals surface area contributed by atoms with Crippen LogP contribution in [0.4, 0.5) is 11.4 Å². The lowest BCUT2D eigenvalue weighted by molar-refractivity contribution is 0.751. The number of rotatable bonds is 2. The molecule has 1 heterocycles. The lowest BCUT2D eigenvalue weighted by atomic mass is 10.3. The van der Waals surface area contributed by atoms with Crippen LogP contribution in [0, 0.1) is 0 Å². The van der Waals surface area contributed by atoms with E-state index in [0.717, 1.165) is 11.4 Å². The van der Waals surface area contributed by atoms with Crippen LogP contribution >= 0.6 is 35.4 Å². The maximum absolute atomic E-state index is 6.23. The maximum Gasteiger partial charge on any atom is 0.207 e. The van der Waals surface area contributed by atoms with Crippen molar-refractivity contribution >= 4 is 51.9 Å². The predicted molar refractivity (Wildman–Crippen MR) is 86.7 cm³/mol. The molecule has 1 fully saturated rings. The minimum atomic E-state index is 0.463. The lowest BCUT2D eigenvalue weighted by Gasteiger charge is -2.29. The zero-order chi connectivity index (χ0) is 14.1. The van der Waals surface area contributed by atoms with Crippen LogP contribution in [0.25, 0.3) is 0 Å². The Balaban J connectivity index is 2.04. The molecule has 4 nitrogen and oxygen atoms in total. The van der Waals surface area contributed by atoms with Crippen molar-refractivity contribution in [2.75, 3.05) is 10.2 Å². The summed E-state index contributed by atoms with van der Waals surface area (Å²) in [4.78, 5) is 0. The highest BCUT2D eigenvalue weighted by Crippen LogP contribution is 2.31. The number of hydrazine groups is 3. The van der Waals surface area contributed by atoms with E-state index >= 15 is 0 Å². The van der Waals surface area contributed by atoms with Gasteiger partial charge in [0, 0.05) is 0 Å². The van der Waals surface area contributed by atoms with Crippen LogP contribution in [0.15, 0.2) is 48.5 Å². The molecule has 0 spiro atoms. The molecule has 7 heteroatoms. The number of hydrogen-bond acceptors (Lipinski definition) is 3. The minimum absolute atomic E-state index is 0.463. The van der Waals surface area contributed by atoms with Gasteiger partial charge in [-0.25, -0.2) is 0 Å². The molecular weight excluding hydrogens is 315 g/mol. The molecule has 1 saturated heterocycles. The average Bonchev–Trinajstić information content (AvgIpc) is 2.81. The van der Waals surface area contributed by atoms with E-state index in [1.165, 1.54) is 0 Å². The number of thiocarbonyl (C=S) groups is 1. The molecule has 1 aliphatic rings. The standard InChI is InChI=1S/C13H10Cl2N4S/c14-9-5-1-3-7-11(9)18-16-13(20)17-19(18)12-8-4-2-6-10(12)15/h1-8H,(H2,16,17,20). The van der Waals surface area contributed by atoms with Gasteiger partial charge in [-0.15, -0.1) is 0 Å². The van der Waals surface area contributed by atoms with Crippen molar-refractivity contribution in [3.8, 4) is 0 Å². The number of para-hydroxylation sites is 2. The van der Waals surface area contributed by atoms with Crippen molar-refractivity contribution in [3.05, 3.63) is 58.6 Å². The molecule has 0 bridgehead atoms. The van der Waals surface area contributed by atoms with Crippen molar-refractivity contribution in [3.63, 3.8) is 0 Å². The summed E-state index contributed by atoms with van der Waals surface area (Å²) < 4.78 is 0. The largest absolute Gasteiger partial charge is 0.252 e. The summed E-state index contributed by atoms with van der Waals surface area (Å²) >= 11 is 17.6. The van der Waals surface area contributed by atoms with Gasteiger partial charge in [-0.3, -0.25) is 10.9 Å². The van der Waals surface area contributed by atoms with Crippen LogP contribution in [-0.4, -0.2) is 5.11 Å². The first-order chi connectivity index (χ1) is 9.66. The summed E-state index contributed by atoms with van der Waals surface area (Å²) in [5.74, 6) is 0. The van der Waals surface area contributed by atoms with Crippen LogP contribution in [0.1, 0.15) is 0 Å². The van der Waals surface area contributed by atoms with Gasteiger partial charge >= 0.3 is 0 Å². The number of anilines is 2. The highest BCUT2D eigenvalue weighted by atomic mass is 35.5. The Bertz CT molecular complexity index is 609. The second kappa shape index (κ2) is 5.36. The first-order valence-electron chi connectivity index (χ1n) is 5.83. The van der Waals surface area contributed by atoms with Crippen LogP contribution in [0.3, 0.4) is 0 Å². The molecule has 2 N–H and O–H groups in total. The Hall–Kier alpha value is -1.69. The van der Waals surface area contributed by atoms with Gasteiger partial charge in [0.15, 0.2) is 0 Å². The number of nitrogens with one attached hydrogen (secondary N) is 2. The van der Waals surface area contributed by atoms with Gasteiger partial charge < -0.3 is 0 Å². The molecule has 0 amide bonds. The van der Waals surface area contributed by atoms with Crippen molar-refractivity contribution in [1.82, 2.24) is 10.9 Å². The molecule has 0 aromatic heterocycles. The maximum atomic E-state index is 6.23. The molecule has 20 heavy (non-hydrogen) atoms. The average molecular weight is 325 g/mol. The van der Waals surface area contributed by atoms with Crippen molar-refractivity contribution in [1.29, 1.82) is 0 Å². The summed E-state index contributed by atoms with van der Waals surface area (Å²) in [6.45, 7) is 0. The monoisotopic (exact) mass is 324 g/mol. The second-order valence-electron chi connectivity index (χ2n) is 4.08. The Morgan fingerprint density at radius 2 is 1.15 bits per heavy atom. The molecule has 102 valence electrons. The van der Waals surface area contributed by atoms with Crippen LogP contribution in [0.2, 0.25) is 10.0 Å².